The van der Waals surface area contributed by atoms with E-state index in [1.165, 1.54) is 0 Å². The molecule has 0 bridgehead atoms. The number of aryl methyl sites for hydroxylation is 3. The fraction of sp³-hybridized carbons (Fsp3) is 0.194. The molecular weight excluding hydrogens is 462 g/mol. The van der Waals surface area contributed by atoms with E-state index < -0.39 is 6.85 Å². The van der Waals surface area contributed by atoms with Gasteiger partial charge in [-0.1, -0.05) is 99.6 Å². The highest BCUT2D eigenvalue weighted by atomic mass is 16.3. The lowest BCUT2D eigenvalue weighted by Gasteiger charge is -2.23. The van der Waals surface area contributed by atoms with Gasteiger partial charge in [-0.15, -0.1) is 0 Å². The highest BCUT2D eigenvalue weighted by Gasteiger charge is 2.28. The van der Waals surface area contributed by atoms with Crippen LogP contribution in [-0.4, -0.2) is 0 Å². The zero-order valence-electron chi connectivity index (χ0n) is 25.6. The lowest BCUT2D eigenvalue weighted by Crippen LogP contribution is -2.34. The summed E-state index contributed by atoms with van der Waals surface area (Å²) in [6.45, 7) is 6.32. The summed E-state index contributed by atoms with van der Waals surface area (Å²) in [6, 6.07) is 30.3. The highest BCUT2D eigenvalue weighted by molar-refractivity contribution is 6.09. The zero-order chi connectivity index (χ0) is 29.1. The molecule has 0 atom stereocenters. The number of furan rings is 1. The molecule has 2 aromatic heterocycles. The minimum absolute atomic E-state index is 0.226. The van der Waals surface area contributed by atoms with Crippen LogP contribution in [0.15, 0.2) is 102 Å². The summed E-state index contributed by atoms with van der Waals surface area (Å²) in [5.41, 5.74) is 9.51. The highest BCUT2D eigenvalue weighted by Crippen LogP contribution is 2.41. The molecule has 38 heavy (non-hydrogen) atoms. The fourth-order valence-electron chi connectivity index (χ4n) is 5.51. The number of fused-ring (bicyclic) bond motifs is 3. The Morgan fingerprint density at radius 3 is 2.26 bits per heavy atom. The number of hydrogen-bond acceptors (Lipinski definition) is 1. The van der Waals surface area contributed by atoms with Crippen LogP contribution < -0.4 is 4.57 Å². The van der Waals surface area contributed by atoms with Gasteiger partial charge in [0.05, 0.1) is 5.56 Å². The Morgan fingerprint density at radius 2 is 1.50 bits per heavy atom. The van der Waals surface area contributed by atoms with Crippen molar-refractivity contribution in [3.05, 3.63) is 114 Å². The van der Waals surface area contributed by atoms with Crippen molar-refractivity contribution in [2.24, 2.45) is 7.05 Å². The SMILES string of the molecule is [2H]C([2H])([2H])c1cc(-c2ccccc2)ccc1-c1cc(-c2c(C)ccc3c2oc2ccccc23)[n+](C)cc1C(C)(C)C. The molecule has 0 radical (unpaired) electrons. The van der Waals surface area contributed by atoms with Crippen molar-refractivity contribution in [1.29, 1.82) is 0 Å². The van der Waals surface area contributed by atoms with E-state index in [-0.39, 0.29) is 5.41 Å². The van der Waals surface area contributed by atoms with E-state index >= 15 is 0 Å². The quantitative estimate of drug-likeness (QED) is 0.222. The molecule has 0 aliphatic heterocycles. The number of nitrogens with zero attached hydrogens (tertiary/aromatic N) is 1. The second-order valence-corrected chi connectivity index (χ2v) is 11.2. The van der Waals surface area contributed by atoms with Crippen LogP contribution in [-0.2, 0) is 12.5 Å². The molecule has 0 N–H and O–H groups in total. The molecule has 4 aromatic carbocycles. The molecule has 2 heteroatoms. The second kappa shape index (κ2) is 8.99. The summed E-state index contributed by atoms with van der Waals surface area (Å²) < 4.78 is 34.2. The van der Waals surface area contributed by atoms with E-state index in [9.17, 15) is 0 Å². The average Bonchev–Trinajstić information content (AvgIpc) is 3.31. The van der Waals surface area contributed by atoms with Crippen LogP contribution in [0.25, 0.3) is 55.4 Å². The minimum atomic E-state index is -2.29. The summed E-state index contributed by atoms with van der Waals surface area (Å²) in [5.74, 6) is 0. The largest absolute Gasteiger partial charge is 0.455 e. The van der Waals surface area contributed by atoms with Crippen LogP contribution >= 0.6 is 0 Å². The normalized spacial score (nSPS) is 13.4. The van der Waals surface area contributed by atoms with Gasteiger partial charge in [0, 0.05) is 26.5 Å². The molecule has 0 aliphatic carbocycles. The molecule has 0 unspecified atom stereocenters. The first-order valence-electron chi connectivity index (χ1n) is 14.6. The Hall–Kier alpha value is -4.17. The van der Waals surface area contributed by atoms with Gasteiger partial charge >= 0.3 is 0 Å². The molecule has 0 saturated heterocycles. The van der Waals surface area contributed by atoms with Crippen LogP contribution in [0, 0.1) is 13.8 Å². The predicted octanol–water partition coefficient (Wildman–Crippen LogP) is 9.33. The molecule has 6 rings (SSSR count). The average molecular weight is 500 g/mol. The molecule has 0 amide bonds. The Bertz CT molecular complexity index is 1930. The maximum Gasteiger partial charge on any atom is 0.216 e. The van der Waals surface area contributed by atoms with Crippen molar-refractivity contribution in [3.63, 3.8) is 0 Å². The Morgan fingerprint density at radius 1 is 0.737 bits per heavy atom. The third-order valence-electron chi connectivity index (χ3n) is 7.51. The van der Waals surface area contributed by atoms with E-state index in [1.807, 2.05) is 66.7 Å². The standard InChI is InChI=1S/C36H34NO/c1-23-16-18-29-28-14-10-11-15-33(28)38-35(29)34(23)32-21-30(31(22-37(32)6)36(3,4)5)27-19-17-26(20-24(27)2)25-12-8-7-9-13-25/h7-22H,1-6H3/q+1/i2D3. The Labute approximate surface area is 229 Å². The van der Waals surface area contributed by atoms with Gasteiger partial charge in [0.25, 0.3) is 0 Å². The second-order valence-electron chi connectivity index (χ2n) is 11.2. The number of pyridine rings is 1. The van der Waals surface area contributed by atoms with E-state index in [2.05, 4.69) is 69.8 Å². The van der Waals surface area contributed by atoms with Crippen molar-refractivity contribution in [1.82, 2.24) is 0 Å². The van der Waals surface area contributed by atoms with Crippen LogP contribution in [0.1, 0.15) is 41.6 Å². The smallest absolute Gasteiger partial charge is 0.216 e. The maximum atomic E-state index is 8.53. The topological polar surface area (TPSA) is 17.0 Å². The van der Waals surface area contributed by atoms with Crippen molar-refractivity contribution in [2.45, 2.75) is 40.0 Å². The predicted molar refractivity (Wildman–Crippen MR) is 159 cm³/mol. The molecular formula is C36H34NO+. The van der Waals surface area contributed by atoms with Crippen molar-refractivity contribution in [3.8, 4) is 33.5 Å². The maximum absolute atomic E-state index is 8.53. The number of aromatic nitrogens is 1. The van der Waals surface area contributed by atoms with Gasteiger partial charge in [-0.25, -0.2) is 4.57 Å². The Kier molecular flexibility index (Phi) is 4.93. The monoisotopic (exact) mass is 499 g/mol. The summed E-state index contributed by atoms with van der Waals surface area (Å²) in [4.78, 5) is 0. The number of para-hydroxylation sites is 1. The number of benzene rings is 4. The van der Waals surface area contributed by atoms with Gasteiger partial charge in [0.1, 0.15) is 18.2 Å². The third kappa shape index (κ3) is 4.01. The first kappa shape index (κ1) is 20.8. The Balaban J connectivity index is 1.66. The van der Waals surface area contributed by atoms with Crippen LogP contribution in [0.4, 0.5) is 0 Å². The summed E-state index contributed by atoms with van der Waals surface area (Å²) in [6.07, 6.45) is 2.15. The van der Waals surface area contributed by atoms with Gasteiger partial charge in [-0.3, -0.25) is 0 Å². The van der Waals surface area contributed by atoms with E-state index in [0.29, 0.717) is 5.56 Å². The molecule has 6 aromatic rings. The van der Waals surface area contributed by atoms with Crippen molar-refractivity contribution >= 4 is 21.9 Å². The molecule has 0 saturated carbocycles. The van der Waals surface area contributed by atoms with Crippen molar-refractivity contribution < 1.29 is 13.1 Å². The third-order valence-corrected chi connectivity index (χ3v) is 7.51. The first-order valence-corrected chi connectivity index (χ1v) is 13.1. The lowest BCUT2D eigenvalue weighted by atomic mass is 9.81. The van der Waals surface area contributed by atoms with Crippen LogP contribution in [0.5, 0.6) is 0 Å². The van der Waals surface area contributed by atoms with Gasteiger partial charge < -0.3 is 4.42 Å². The van der Waals surface area contributed by atoms with E-state index in [4.69, 9.17) is 8.53 Å². The van der Waals surface area contributed by atoms with Crippen LogP contribution in [0.3, 0.4) is 0 Å². The van der Waals surface area contributed by atoms with Gasteiger partial charge in [0.2, 0.25) is 5.69 Å². The van der Waals surface area contributed by atoms with Crippen LogP contribution in [0.2, 0.25) is 0 Å². The number of hydrogen-bond donors (Lipinski definition) is 0. The van der Waals surface area contributed by atoms with Gasteiger partial charge in [0.15, 0.2) is 6.20 Å². The summed E-state index contributed by atoms with van der Waals surface area (Å²) >= 11 is 0. The summed E-state index contributed by atoms with van der Waals surface area (Å²) in [7, 11) is 2.05. The fourth-order valence-corrected chi connectivity index (χ4v) is 5.51. The van der Waals surface area contributed by atoms with E-state index in [1.54, 1.807) is 0 Å². The number of rotatable bonds is 3. The van der Waals surface area contributed by atoms with Gasteiger partial charge in [-0.2, -0.15) is 0 Å². The molecule has 2 heterocycles. The van der Waals surface area contributed by atoms with Crippen molar-refractivity contribution in [2.75, 3.05) is 0 Å². The lowest BCUT2D eigenvalue weighted by molar-refractivity contribution is -0.660. The van der Waals surface area contributed by atoms with Gasteiger partial charge in [-0.05, 0) is 58.6 Å². The molecule has 0 fully saturated rings. The molecule has 2 nitrogen and oxygen atoms in total. The van der Waals surface area contributed by atoms with E-state index in [0.717, 1.165) is 66.6 Å². The zero-order valence-corrected chi connectivity index (χ0v) is 22.6. The minimum Gasteiger partial charge on any atom is -0.455 e. The molecule has 0 aliphatic rings. The molecule has 0 spiro atoms. The summed E-state index contributed by atoms with van der Waals surface area (Å²) in [5, 5.41) is 2.15. The first-order chi connectivity index (χ1) is 19.4. The molecule has 188 valence electrons.